The number of thioether (sulfide) groups is 1. The highest BCUT2D eigenvalue weighted by Crippen LogP contribution is 2.28. The maximum atomic E-state index is 13.0. The summed E-state index contributed by atoms with van der Waals surface area (Å²) in [5.74, 6) is 0.875. The van der Waals surface area contributed by atoms with Gasteiger partial charge in [-0.2, -0.15) is 11.8 Å². The average molecular weight is 361 g/mol. The Kier molecular flexibility index (Phi) is 6.04. The fraction of sp³-hybridized carbons (Fsp3) is 0.529. The number of tetrazole rings is 1. The van der Waals surface area contributed by atoms with Gasteiger partial charge in [-0.25, -0.2) is 4.68 Å². The monoisotopic (exact) mass is 361 g/mol. The number of benzene rings is 1. The molecule has 1 aliphatic rings. The lowest BCUT2D eigenvalue weighted by molar-refractivity contribution is -0.136. The molecule has 2 heterocycles. The van der Waals surface area contributed by atoms with Gasteiger partial charge in [0.2, 0.25) is 5.91 Å². The lowest BCUT2D eigenvalue weighted by Gasteiger charge is -2.31. The summed E-state index contributed by atoms with van der Waals surface area (Å²) in [5.41, 5.74) is 2.48. The highest BCUT2D eigenvalue weighted by Gasteiger charge is 2.28. The van der Waals surface area contributed by atoms with E-state index in [1.807, 2.05) is 25.4 Å². The van der Waals surface area contributed by atoms with Crippen LogP contribution in [0.2, 0.25) is 0 Å². The molecule has 0 unspecified atom stereocenters. The number of amides is 1. The minimum absolute atomic E-state index is 0.00741. The molecule has 1 amide bonds. The van der Waals surface area contributed by atoms with Crippen LogP contribution in [0.1, 0.15) is 29.7 Å². The molecule has 0 bridgehead atoms. The van der Waals surface area contributed by atoms with Crippen molar-refractivity contribution in [3.63, 3.8) is 0 Å². The molecule has 0 aliphatic carbocycles. The van der Waals surface area contributed by atoms with Gasteiger partial charge < -0.3 is 9.64 Å². The van der Waals surface area contributed by atoms with Crippen molar-refractivity contribution in [2.24, 2.45) is 0 Å². The minimum atomic E-state index is -0.383. The third-order valence-electron chi connectivity index (χ3n) is 4.47. The van der Waals surface area contributed by atoms with Crippen LogP contribution in [0.15, 0.2) is 30.6 Å². The molecule has 2 atom stereocenters. The number of fused-ring (bicyclic) bond motifs is 1. The van der Waals surface area contributed by atoms with E-state index in [2.05, 4.69) is 27.7 Å². The summed E-state index contributed by atoms with van der Waals surface area (Å²) < 4.78 is 7.48. The van der Waals surface area contributed by atoms with Gasteiger partial charge in [0.15, 0.2) is 0 Å². The zero-order valence-corrected chi connectivity index (χ0v) is 15.4. The Morgan fingerprint density at radius 3 is 3.08 bits per heavy atom. The Labute approximate surface area is 151 Å². The molecule has 7 nitrogen and oxygen atoms in total. The fourth-order valence-electron chi connectivity index (χ4n) is 3.13. The second-order valence-electron chi connectivity index (χ2n) is 6.11. The third kappa shape index (κ3) is 4.19. The molecule has 0 saturated carbocycles. The quantitative estimate of drug-likeness (QED) is 0.748. The number of rotatable bonds is 7. The SMILES string of the molecule is CSCC[C@@H](C(=O)N(C)C[C@H]1OCCc2ccccc21)n1cnnn1. The standard InChI is InChI=1S/C17H23N5O2S/c1-21(11-16-14-6-4-3-5-13(14)7-9-24-16)17(23)15(8-10-25-2)22-12-18-19-20-22/h3-6,12,15-16H,7-11H2,1-2H3/t15-,16+/m0/s1. The first-order valence-corrected chi connectivity index (χ1v) is 9.76. The van der Waals surface area contributed by atoms with Gasteiger partial charge in [-0.05, 0) is 46.4 Å². The number of carbonyl (C=O) groups excluding carboxylic acids is 1. The van der Waals surface area contributed by atoms with Gasteiger partial charge in [0.25, 0.3) is 0 Å². The molecule has 0 spiro atoms. The number of nitrogens with zero attached hydrogens (tertiary/aromatic N) is 5. The first-order valence-electron chi connectivity index (χ1n) is 8.36. The average Bonchev–Trinajstić information content (AvgIpc) is 3.16. The lowest BCUT2D eigenvalue weighted by Crippen LogP contribution is -2.39. The van der Waals surface area contributed by atoms with E-state index in [1.165, 1.54) is 17.5 Å². The summed E-state index contributed by atoms with van der Waals surface area (Å²) >= 11 is 1.71. The van der Waals surface area contributed by atoms with Crippen LogP contribution in [0.25, 0.3) is 0 Å². The van der Waals surface area contributed by atoms with Gasteiger partial charge >= 0.3 is 0 Å². The summed E-state index contributed by atoms with van der Waals surface area (Å²) in [5, 5.41) is 11.3. The smallest absolute Gasteiger partial charge is 0.247 e. The molecule has 1 aliphatic heterocycles. The zero-order valence-electron chi connectivity index (χ0n) is 14.5. The van der Waals surface area contributed by atoms with Crippen molar-refractivity contribution in [2.45, 2.75) is 25.0 Å². The highest BCUT2D eigenvalue weighted by atomic mass is 32.2. The van der Waals surface area contributed by atoms with Crippen molar-refractivity contribution in [3.8, 4) is 0 Å². The van der Waals surface area contributed by atoms with E-state index in [4.69, 9.17) is 4.74 Å². The Balaban J connectivity index is 1.71. The van der Waals surface area contributed by atoms with Crippen molar-refractivity contribution in [1.29, 1.82) is 0 Å². The molecule has 25 heavy (non-hydrogen) atoms. The molecule has 3 rings (SSSR count). The summed E-state index contributed by atoms with van der Waals surface area (Å²) in [4.78, 5) is 14.7. The fourth-order valence-corrected chi connectivity index (χ4v) is 3.59. The zero-order chi connectivity index (χ0) is 17.6. The van der Waals surface area contributed by atoms with Gasteiger partial charge in [-0.1, -0.05) is 24.3 Å². The molecule has 0 N–H and O–H groups in total. The lowest BCUT2D eigenvalue weighted by atomic mass is 9.97. The molecule has 1 aromatic heterocycles. The Bertz CT molecular complexity index is 694. The molecule has 1 aromatic carbocycles. The molecule has 2 aromatic rings. The molecular weight excluding hydrogens is 338 g/mol. The number of carbonyl (C=O) groups is 1. The van der Waals surface area contributed by atoms with E-state index in [1.54, 1.807) is 21.3 Å². The Hall–Kier alpha value is -1.93. The molecule has 134 valence electrons. The van der Waals surface area contributed by atoms with E-state index >= 15 is 0 Å². The van der Waals surface area contributed by atoms with Crippen LogP contribution in [0.4, 0.5) is 0 Å². The van der Waals surface area contributed by atoms with Crippen LogP contribution in [0.5, 0.6) is 0 Å². The molecule has 0 radical (unpaired) electrons. The third-order valence-corrected chi connectivity index (χ3v) is 5.12. The van der Waals surface area contributed by atoms with Crippen LogP contribution < -0.4 is 0 Å². The number of ether oxygens (including phenoxy) is 1. The first kappa shape index (κ1) is 17.9. The minimum Gasteiger partial charge on any atom is -0.371 e. The Morgan fingerprint density at radius 2 is 2.32 bits per heavy atom. The first-order chi connectivity index (χ1) is 12.2. The molecular formula is C17H23N5O2S. The van der Waals surface area contributed by atoms with Crippen LogP contribution in [-0.4, -0.2) is 63.2 Å². The van der Waals surface area contributed by atoms with E-state index in [0.29, 0.717) is 19.6 Å². The molecule has 0 fully saturated rings. The van der Waals surface area contributed by atoms with Crippen LogP contribution in [-0.2, 0) is 16.0 Å². The predicted octanol–water partition coefficient (Wildman–Crippen LogP) is 1.74. The van der Waals surface area contributed by atoms with Gasteiger partial charge in [0, 0.05) is 7.05 Å². The summed E-state index contributed by atoms with van der Waals surface area (Å²) in [6.07, 6.45) is 5.05. The second-order valence-corrected chi connectivity index (χ2v) is 7.10. The molecule has 0 saturated heterocycles. The number of aromatic nitrogens is 4. The second kappa shape index (κ2) is 8.44. The van der Waals surface area contributed by atoms with E-state index in [-0.39, 0.29) is 18.1 Å². The normalized spacial score (nSPS) is 17.8. The predicted molar refractivity (Wildman–Crippen MR) is 96.3 cm³/mol. The summed E-state index contributed by atoms with van der Waals surface area (Å²) in [7, 11) is 1.82. The van der Waals surface area contributed by atoms with Gasteiger partial charge in [-0.3, -0.25) is 4.79 Å². The van der Waals surface area contributed by atoms with Crippen molar-refractivity contribution in [3.05, 3.63) is 41.7 Å². The van der Waals surface area contributed by atoms with E-state index in [0.717, 1.165) is 12.2 Å². The van der Waals surface area contributed by atoms with Crippen molar-refractivity contribution < 1.29 is 9.53 Å². The van der Waals surface area contributed by atoms with Gasteiger partial charge in [0.05, 0.1) is 13.2 Å². The largest absolute Gasteiger partial charge is 0.371 e. The molecule has 8 heteroatoms. The summed E-state index contributed by atoms with van der Waals surface area (Å²) in [6, 6.07) is 7.90. The van der Waals surface area contributed by atoms with Crippen molar-refractivity contribution >= 4 is 17.7 Å². The van der Waals surface area contributed by atoms with E-state index in [9.17, 15) is 4.79 Å². The number of hydrogen-bond donors (Lipinski definition) is 0. The topological polar surface area (TPSA) is 73.1 Å². The maximum absolute atomic E-state index is 13.0. The van der Waals surface area contributed by atoms with Crippen LogP contribution in [0, 0.1) is 0 Å². The highest BCUT2D eigenvalue weighted by molar-refractivity contribution is 7.98. The van der Waals surface area contributed by atoms with Crippen LogP contribution in [0.3, 0.4) is 0 Å². The number of likely N-dealkylation sites (N-methyl/N-ethyl adjacent to an activating group) is 1. The van der Waals surface area contributed by atoms with Crippen molar-refractivity contribution in [1.82, 2.24) is 25.1 Å². The van der Waals surface area contributed by atoms with Gasteiger partial charge in [-0.15, -0.1) is 5.10 Å². The van der Waals surface area contributed by atoms with Crippen LogP contribution >= 0.6 is 11.8 Å². The number of hydrogen-bond acceptors (Lipinski definition) is 6. The summed E-state index contributed by atoms with van der Waals surface area (Å²) in [6.45, 7) is 1.21. The van der Waals surface area contributed by atoms with Crippen molar-refractivity contribution in [2.75, 3.05) is 32.2 Å². The van der Waals surface area contributed by atoms with E-state index < -0.39 is 0 Å². The van der Waals surface area contributed by atoms with Gasteiger partial charge in [0.1, 0.15) is 18.5 Å². The maximum Gasteiger partial charge on any atom is 0.247 e. The Morgan fingerprint density at radius 1 is 1.48 bits per heavy atom.